The Morgan fingerprint density at radius 2 is 1.94 bits per heavy atom. The molecule has 1 unspecified atom stereocenters. The molecular formula is C12H15FO4. The van der Waals surface area contributed by atoms with Gasteiger partial charge in [0.15, 0.2) is 0 Å². The van der Waals surface area contributed by atoms with Gasteiger partial charge >= 0.3 is 6.16 Å². The monoisotopic (exact) mass is 242 g/mol. The Hall–Kier alpha value is -1.62. The predicted molar refractivity (Wildman–Crippen MR) is 59.3 cm³/mol. The molecule has 17 heavy (non-hydrogen) atoms. The molecule has 0 saturated heterocycles. The second-order valence-electron chi connectivity index (χ2n) is 3.96. The second kappa shape index (κ2) is 6.20. The first-order chi connectivity index (χ1) is 7.99. The van der Waals surface area contributed by atoms with Crippen molar-refractivity contribution in [2.75, 3.05) is 6.61 Å². The Balaban J connectivity index is 2.48. The minimum Gasteiger partial charge on any atom is -0.434 e. The molecule has 0 fully saturated rings. The van der Waals surface area contributed by atoms with Crippen molar-refractivity contribution >= 4 is 6.16 Å². The van der Waals surface area contributed by atoms with Crippen LogP contribution >= 0.6 is 0 Å². The molecule has 1 N–H and O–H groups in total. The van der Waals surface area contributed by atoms with E-state index in [4.69, 9.17) is 14.6 Å². The number of hydrogen-bond donors (Lipinski definition) is 1. The van der Waals surface area contributed by atoms with Gasteiger partial charge in [-0.25, -0.2) is 9.18 Å². The summed E-state index contributed by atoms with van der Waals surface area (Å²) < 4.78 is 22.1. The Kier molecular flexibility index (Phi) is 4.90. The number of carbonyl (C=O) groups excluding carboxylic acids is 1. The number of alkyl halides is 1. The number of halogens is 1. The van der Waals surface area contributed by atoms with Crippen LogP contribution in [0.3, 0.4) is 0 Å². The smallest absolute Gasteiger partial charge is 0.434 e. The highest BCUT2D eigenvalue weighted by atomic mass is 19.1. The molecule has 1 aromatic rings. The van der Waals surface area contributed by atoms with Gasteiger partial charge in [-0.2, -0.15) is 0 Å². The molecular weight excluding hydrogens is 227 g/mol. The van der Waals surface area contributed by atoms with Crippen LogP contribution in [-0.4, -0.2) is 17.9 Å². The molecule has 0 saturated carbocycles. The zero-order valence-corrected chi connectivity index (χ0v) is 9.72. The van der Waals surface area contributed by atoms with Crippen LogP contribution in [0, 0.1) is 5.92 Å². The van der Waals surface area contributed by atoms with Crippen LogP contribution in [0.15, 0.2) is 24.3 Å². The Morgan fingerprint density at radius 1 is 1.35 bits per heavy atom. The molecule has 1 aromatic carbocycles. The third-order valence-electron chi connectivity index (χ3n) is 1.89. The minimum absolute atomic E-state index is 0.105. The van der Waals surface area contributed by atoms with Crippen molar-refractivity contribution < 1.29 is 23.8 Å². The fourth-order valence-corrected chi connectivity index (χ4v) is 1.06. The summed E-state index contributed by atoms with van der Waals surface area (Å²) in [5, 5.41) is 8.64. The quantitative estimate of drug-likeness (QED) is 0.651. The Bertz CT molecular complexity index is 359. The topological polar surface area (TPSA) is 55.8 Å². The molecule has 0 aromatic heterocycles. The summed E-state index contributed by atoms with van der Waals surface area (Å²) in [5.74, 6) is 0.467. The summed E-state index contributed by atoms with van der Waals surface area (Å²) in [7, 11) is 0. The largest absolute Gasteiger partial charge is 0.513 e. The van der Waals surface area contributed by atoms with Gasteiger partial charge in [-0.3, -0.25) is 0 Å². The van der Waals surface area contributed by atoms with Gasteiger partial charge in [-0.15, -0.1) is 0 Å². The standard InChI is InChI=1S/C12H15FO4/c1-8(2)7-16-12(15)17-10-5-3-9(4-6-10)11(13)14/h3-6,8,11,14H,7H2,1-2H3. The van der Waals surface area contributed by atoms with Crippen LogP contribution in [0.1, 0.15) is 25.8 Å². The number of aliphatic hydroxyl groups excluding tert-OH is 1. The van der Waals surface area contributed by atoms with Gasteiger partial charge in [0.25, 0.3) is 0 Å². The van der Waals surface area contributed by atoms with Crippen molar-refractivity contribution in [2.45, 2.75) is 20.2 Å². The maximum atomic E-state index is 12.5. The summed E-state index contributed by atoms with van der Waals surface area (Å²) in [5.41, 5.74) is 0.105. The molecule has 0 amide bonds. The molecule has 94 valence electrons. The van der Waals surface area contributed by atoms with E-state index in [1.807, 2.05) is 13.8 Å². The summed E-state index contributed by atoms with van der Waals surface area (Å²) in [6.07, 6.45) is -2.83. The third-order valence-corrected chi connectivity index (χ3v) is 1.89. The number of benzene rings is 1. The molecule has 0 bridgehead atoms. The maximum Gasteiger partial charge on any atom is 0.513 e. The van der Waals surface area contributed by atoms with E-state index in [0.717, 1.165) is 0 Å². The van der Waals surface area contributed by atoms with Crippen molar-refractivity contribution in [3.05, 3.63) is 29.8 Å². The van der Waals surface area contributed by atoms with Crippen molar-refractivity contribution in [3.63, 3.8) is 0 Å². The van der Waals surface area contributed by atoms with Crippen LogP contribution in [-0.2, 0) is 4.74 Å². The van der Waals surface area contributed by atoms with Gasteiger partial charge in [-0.1, -0.05) is 13.8 Å². The minimum atomic E-state index is -2.03. The SMILES string of the molecule is CC(C)COC(=O)Oc1ccc(C(O)F)cc1. The molecule has 4 nitrogen and oxygen atoms in total. The molecule has 1 atom stereocenters. The number of aliphatic hydroxyl groups is 1. The van der Waals surface area contributed by atoms with E-state index in [1.54, 1.807) is 0 Å². The number of ether oxygens (including phenoxy) is 2. The van der Waals surface area contributed by atoms with Gasteiger partial charge < -0.3 is 14.6 Å². The van der Waals surface area contributed by atoms with Crippen molar-refractivity contribution in [2.24, 2.45) is 5.92 Å². The summed E-state index contributed by atoms with van der Waals surface area (Å²) in [6.45, 7) is 4.09. The van der Waals surface area contributed by atoms with E-state index in [0.29, 0.717) is 0 Å². The van der Waals surface area contributed by atoms with E-state index >= 15 is 0 Å². The molecule has 1 rings (SSSR count). The Morgan fingerprint density at radius 3 is 2.41 bits per heavy atom. The van der Waals surface area contributed by atoms with E-state index in [-0.39, 0.29) is 23.8 Å². The van der Waals surface area contributed by atoms with Crippen LogP contribution in [0.25, 0.3) is 0 Å². The first-order valence-corrected chi connectivity index (χ1v) is 5.25. The van der Waals surface area contributed by atoms with Crippen LogP contribution < -0.4 is 4.74 Å². The van der Waals surface area contributed by atoms with E-state index in [9.17, 15) is 9.18 Å². The predicted octanol–water partition coefficient (Wildman–Crippen LogP) is 2.82. The maximum absolute atomic E-state index is 12.5. The summed E-state index contributed by atoms with van der Waals surface area (Å²) in [4.78, 5) is 11.2. The molecule has 0 radical (unpaired) electrons. The second-order valence-corrected chi connectivity index (χ2v) is 3.96. The van der Waals surface area contributed by atoms with Crippen LogP contribution in [0.2, 0.25) is 0 Å². The molecule has 0 aliphatic heterocycles. The number of carbonyl (C=O) groups is 1. The van der Waals surface area contributed by atoms with Gasteiger partial charge in [0, 0.05) is 5.56 Å². The normalized spacial score (nSPS) is 12.3. The van der Waals surface area contributed by atoms with Crippen LogP contribution in [0.5, 0.6) is 5.75 Å². The molecule has 0 aliphatic carbocycles. The average molecular weight is 242 g/mol. The van der Waals surface area contributed by atoms with Gasteiger partial charge in [0.05, 0.1) is 6.61 Å². The van der Waals surface area contributed by atoms with Crippen LogP contribution in [0.4, 0.5) is 9.18 Å². The molecule has 0 spiro atoms. The zero-order chi connectivity index (χ0) is 12.8. The number of rotatable bonds is 4. The van der Waals surface area contributed by atoms with E-state index in [1.165, 1.54) is 24.3 Å². The lowest BCUT2D eigenvalue weighted by molar-refractivity contribution is 0.0411. The van der Waals surface area contributed by atoms with E-state index in [2.05, 4.69) is 0 Å². The Labute approximate surface area is 99.0 Å². The average Bonchev–Trinajstić information content (AvgIpc) is 2.27. The van der Waals surface area contributed by atoms with Gasteiger partial charge in [0.2, 0.25) is 6.36 Å². The lowest BCUT2D eigenvalue weighted by Gasteiger charge is -2.08. The lowest BCUT2D eigenvalue weighted by atomic mass is 10.2. The van der Waals surface area contributed by atoms with Crippen molar-refractivity contribution in [3.8, 4) is 5.75 Å². The lowest BCUT2D eigenvalue weighted by Crippen LogP contribution is -2.14. The highest BCUT2D eigenvalue weighted by molar-refractivity contribution is 5.63. The molecule has 5 heteroatoms. The van der Waals surface area contributed by atoms with Crippen molar-refractivity contribution in [1.29, 1.82) is 0 Å². The number of hydrogen-bond acceptors (Lipinski definition) is 4. The highest BCUT2D eigenvalue weighted by Crippen LogP contribution is 2.18. The fraction of sp³-hybridized carbons (Fsp3) is 0.417. The van der Waals surface area contributed by atoms with Gasteiger partial charge in [-0.05, 0) is 30.2 Å². The first-order valence-electron chi connectivity index (χ1n) is 5.25. The van der Waals surface area contributed by atoms with E-state index < -0.39 is 12.5 Å². The molecule has 0 heterocycles. The van der Waals surface area contributed by atoms with Gasteiger partial charge in [0.1, 0.15) is 5.75 Å². The zero-order valence-electron chi connectivity index (χ0n) is 9.72. The highest BCUT2D eigenvalue weighted by Gasteiger charge is 2.08. The third kappa shape index (κ3) is 4.82. The fourth-order valence-electron chi connectivity index (χ4n) is 1.06. The van der Waals surface area contributed by atoms with Crippen molar-refractivity contribution in [1.82, 2.24) is 0 Å². The summed E-state index contributed by atoms with van der Waals surface area (Å²) >= 11 is 0. The first kappa shape index (κ1) is 13.4. The molecule has 0 aliphatic rings. The summed E-state index contributed by atoms with van der Waals surface area (Å²) in [6, 6.07) is 5.43.